The molecule has 0 aromatic heterocycles. The number of epoxide rings is 1. The van der Waals surface area contributed by atoms with E-state index in [4.69, 9.17) is 4.74 Å². The highest BCUT2D eigenvalue weighted by Crippen LogP contribution is 2.47. The van der Waals surface area contributed by atoms with Crippen LogP contribution < -0.4 is 11.0 Å². The van der Waals surface area contributed by atoms with Crippen LogP contribution in [-0.4, -0.2) is 17.2 Å². The van der Waals surface area contributed by atoms with E-state index < -0.39 is 0 Å². The van der Waals surface area contributed by atoms with Gasteiger partial charge in [-0.2, -0.15) is 0 Å². The maximum Gasteiger partial charge on any atom is 0.134 e. The third kappa shape index (κ3) is 2.23. The molecule has 21 heavy (non-hydrogen) atoms. The van der Waals surface area contributed by atoms with Crippen LogP contribution in [0.4, 0.5) is 0 Å². The second kappa shape index (κ2) is 4.75. The van der Waals surface area contributed by atoms with E-state index in [-0.39, 0.29) is 5.60 Å². The SMILES string of the molecule is CC(C)c1ccc(CN2NNC3=C2[C@]2(CCC3)CO2)cc1. The molecule has 1 aromatic carbocycles. The molecule has 1 atom stereocenters. The van der Waals surface area contributed by atoms with Crippen LogP contribution in [0.1, 0.15) is 50.2 Å². The zero-order valence-electron chi connectivity index (χ0n) is 12.8. The Morgan fingerprint density at radius 1 is 1.29 bits per heavy atom. The number of nitrogens with zero attached hydrogens (tertiary/aromatic N) is 1. The molecule has 2 aliphatic heterocycles. The number of hydrazine groups is 2. The Morgan fingerprint density at radius 3 is 2.71 bits per heavy atom. The largest absolute Gasteiger partial charge is 0.363 e. The van der Waals surface area contributed by atoms with Crippen molar-refractivity contribution in [2.24, 2.45) is 0 Å². The lowest BCUT2D eigenvalue weighted by atomic mass is 9.90. The molecule has 3 aliphatic rings. The van der Waals surface area contributed by atoms with Gasteiger partial charge >= 0.3 is 0 Å². The smallest absolute Gasteiger partial charge is 0.134 e. The van der Waals surface area contributed by atoms with E-state index in [2.05, 4.69) is 54.1 Å². The minimum atomic E-state index is 0.00194. The number of ether oxygens (including phenoxy) is 1. The van der Waals surface area contributed by atoms with Gasteiger partial charge in [-0.15, -0.1) is 5.53 Å². The zero-order valence-corrected chi connectivity index (χ0v) is 12.8. The Hall–Kier alpha value is -1.52. The average molecular weight is 285 g/mol. The van der Waals surface area contributed by atoms with Gasteiger partial charge in [0.25, 0.3) is 0 Å². The summed E-state index contributed by atoms with van der Waals surface area (Å²) in [7, 11) is 0. The number of nitrogens with one attached hydrogen (secondary N) is 2. The van der Waals surface area contributed by atoms with Gasteiger partial charge in [0.15, 0.2) is 0 Å². The first-order valence-corrected chi connectivity index (χ1v) is 7.94. The molecule has 1 fully saturated rings. The fourth-order valence-corrected chi connectivity index (χ4v) is 3.46. The molecule has 4 nitrogen and oxygen atoms in total. The lowest BCUT2D eigenvalue weighted by Gasteiger charge is -2.27. The van der Waals surface area contributed by atoms with Crippen molar-refractivity contribution in [1.29, 1.82) is 0 Å². The molecule has 0 radical (unpaired) electrons. The third-order valence-corrected chi connectivity index (χ3v) is 4.82. The number of fused-ring (bicyclic) bond motifs is 1. The summed E-state index contributed by atoms with van der Waals surface area (Å²) in [5.74, 6) is 0.585. The minimum Gasteiger partial charge on any atom is -0.363 e. The van der Waals surface area contributed by atoms with Crippen LogP contribution in [-0.2, 0) is 11.3 Å². The van der Waals surface area contributed by atoms with Crippen LogP contribution >= 0.6 is 0 Å². The lowest BCUT2D eigenvalue weighted by molar-refractivity contribution is 0.189. The molecule has 1 aromatic rings. The minimum absolute atomic E-state index is 0.00194. The quantitative estimate of drug-likeness (QED) is 0.838. The standard InChI is InChI=1S/C17H23N3O/c1-12(2)14-7-5-13(6-8-14)10-20-16-15(18-19-20)4-3-9-17(16)11-21-17/h5-8,12,18-19H,3-4,9-11H2,1-2H3/t17-/m0/s1. The van der Waals surface area contributed by atoms with Crippen molar-refractivity contribution in [3.05, 3.63) is 46.8 Å². The van der Waals surface area contributed by atoms with Crippen molar-refractivity contribution >= 4 is 0 Å². The highest BCUT2D eigenvalue weighted by atomic mass is 16.6. The van der Waals surface area contributed by atoms with E-state index in [0.29, 0.717) is 5.92 Å². The average Bonchev–Trinajstić information content (AvgIpc) is 3.11. The van der Waals surface area contributed by atoms with E-state index in [0.717, 1.165) is 26.0 Å². The summed E-state index contributed by atoms with van der Waals surface area (Å²) in [4.78, 5) is 0. The van der Waals surface area contributed by atoms with E-state index >= 15 is 0 Å². The Bertz CT molecular complexity index is 572. The summed E-state index contributed by atoms with van der Waals surface area (Å²) >= 11 is 0. The summed E-state index contributed by atoms with van der Waals surface area (Å²) < 4.78 is 5.79. The highest BCUT2D eigenvalue weighted by Gasteiger charge is 2.54. The van der Waals surface area contributed by atoms with Gasteiger partial charge in [0.05, 0.1) is 24.5 Å². The third-order valence-electron chi connectivity index (χ3n) is 4.82. The molecule has 1 aliphatic carbocycles. The molecule has 0 bridgehead atoms. The molecular formula is C17H23N3O. The first-order chi connectivity index (χ1) is 10.2. The van der Waals surface area contributed by atoms with Gasteiger partial charge in [-0.1, -0.05) is 38.1 Å². The van der Waals surface area contributed by atoms with Gasteiger partial charge in [-0.25, -0.2) is 0 Å². The molecule has 0 unspecified atom stereocenters. The Kier molecular flexibility index (Phi) is 2.98. The van der Waals surface area contributed by atoms with Crippen LogP contribution in [0.25, 0.3) is 0 Å². The predicted octanol–water partition coefficient (Wildman–Crippen LogP) is 2.80. The van der Waals surface area contributed by atoms with Gasteiger partial charge in [0.2, 0.25) is 0 Å². The summed E-state index contributed by atoms with van der Waals surface area (Å²) in [6.45, 7) is 6.20. The van der Waals surface area contributed by atoms with Crippen LogP contribution in [0.15, 0.2) is 35.7 Å². The fourth-order valence-electron chi connectivity index (χ4n) is 3.46. The van der Waals surface area contributed by atoms with E-state index in [1.54, 1.807) is 0 Å². The molecule has 0 amide bonds. The molecule has 1 saturated heterocycles. The van der Waals surface area contributed by atoms with Crippen LogP contribution in [0.5, 0.6) is 0 Å². The van der Waals surface area contributed by atoms with Crippen molar-refractivity contribution < 1.29 is 4.74 Å². The molecule has 2 heterocycles. The normalized spacial score (nSPS) is 27.3. The number of allylic oxidation sites excluding steroid dienone is 1. The summed E-state index contributed by atoms with van der Waals surface area (Å²) in [5.41, 5.74) is 12.0. The summed E-state index contributed by atoms with van der Waals surface area (Å²) in [6, 6.07) is 8.95. The Balaban J connectivity index is 1.54. The van der Waals surface area contributed by atoms with Crippen LogP contribution in [0, 0.1) is 0 Å². The number of hydrogen-bond donors (Lipinski definition) is 2. The topological polar surface area (TPSA) is 39.8 Å². The molecular weight excluding hydrogens is 262 g/mol. The second-order valence-corrected chi connectivity index (χ2v) is 6.68. The van der Waals surface area contributed by atoms with Gasteiger partial charge in [0, 0.05) is 0 Å². The first kappa shape index (κ1) is 13.2. The van der Waals surface area contributed by atoms with Crippen LogP contribution in [0.3, 0.4) is 0 Å². The molecule has 112 valence electrons. The van der Waals surface area contributed by atoms with Crippen molar-refractivity contribution in [3.63, 3.8) is 0 Å². The second-order valence-electron chi connectivity index (χ2n) is 6.68. The van der Waals surface area contributed by atoms with E-state index in [1.165, 1.54) is 28.9 Å². The Morgan fingerprint density at radius 2 is 2.05 bits per heavy atom. The Labute approximate surface area is 126 Å². The van der Waals surface area contributed by atoms with Crippen molar-refractivity contribution in [2.75, 3.05) is 6.61 Å². The number of rotatable bonds is 3. The van der Waals surface area contributed by atoms with Crippen molar-refractivity contribution in [1.82, 2.24) is 16.0 Å². The van der Waals surface area contributed by atoms with Crippen molar-refractivity contribution in [2.45, 2.75) is 51.2 Å². The predicted molar refractivity (Wildman–Crippen MR) is 81.9 cm³/mol. The van der Waals surface area contributed by atoms with Crippen LogP contribution in [0.2, 0.25) is 0 Å². The van der Waals surface area contributed by atoms with Gasteiger partial charge in [-0.05, 0) is 36.3 Å². The summed E-state index contributed by atoms with van der Waals surface area (Å²) in [6.07, 6.45) is 3.48. The van der Waals surface area contributed by atoms with Crippen molar-refractivity contribution in [3.8, 4) is 0 Å². The van der Waals surface area contributed by atoms with Gasteiger partial charge < -0.3 is 10.2 Å². The van der Waals surface area contributed by atoms with Gasteiger partial charge in [-0.3, -0.25) is 5.01 Å². The molecule has 1 spiro atoms. The summed E-state index contributed by atoms with van der Waals surface area (Å²) in [5, 5.41) is 2.23. The van der Waals surface area contributed by atoms with E-state index in [1.807, 2.05) is 0 Å². The monoisotopic (exact) mass is 285 g/mol. The molecule has 0 saturated carbocycles. The fraction of sp³-hybridized carbons (Fsp3) is 0.529. The first-order valence-electron chi connectivity index (χ1n) is 7.94. The maximum atomic E-state index is 5.79. The molecule has 2 N–H and O–H groups in total. The zero-order chi connectivity index (χ0) is 14.4. The number of hydrogen-bond acceptors (Lipinski definition) is 4. The maximum absolute atomic E-state index is 5.79. The molecule has 4 heteroatoms. The molecule has 4 rings (SSSR count). The van der Waals surface area contributed by atoms with Gasteiger partial charge in [0.1, 0.15) is 5.60 Å². The highest BCUT2D eigenvalue weighted by molar-refractivity contribution is 5.33. The van der Waals surface area contributed by atoms with E-state index in [9.17, 15) is 0 Å². The number of benzene rings is 1. The lowest BCUT2D eigenvalue weighted by Crippen LogP contribution is -2.40.